The Bertz CT molecular complexity index is 335. The van der Waals surface area contributed by atoms with Gasteiger partial charge in [-0.25, -0.2) is 4.98 Å². The van der Waals surface area contributed by atoms with Crippen molar-refractivity contribution in [1.29, 1.82) is 0 Å². The molecule has 2 aromatic rings. The summed E-state index contributed by atoms with van der Waals surface area (Å²) >= 11 is 1.43. The zero-order valence-electron chi connectivity index (χ0n) is 5.61. The monoisotopic (exact) mass is 163 g/mol. The Labute approximate surface area is 67.8 Å². The number of nitrogens with one attached hydrogen (secondary N) is 1. The van der Waals surface area contributed by atoms with E-state index < -0.39 is 0 Å². The second-order valence-electron chi connectivity index (χ2n) is 2.10. The predicted molar refractivity (Wildman–Crippen MR) is 45.4 cm³/mol. The molecule has 2 radical (unpaired) electrons. The summed E-state index contributed by atoms with van der Waals surface area (Å²) in [4.78, 5) is 4.09. The standard InChI is InChI=1S/C7H5N3S/c8-10-7-9-5-3-1-2-4-6(5)11-7/h1-4H,(H,9,10). The maximum Gasteiger partial charge on any atom is 0.200 e. The van der Waals surface area contributed by atoms with Crippen LogP contribution >= 0.6 is 11.3 Å². The lowest BCUT2D eigenvalue weighted by molar-refractivity contribution is 1.26. The Morgan fingerprint density at radius 1 is 1.36 bits per heavy atom. The Kier molecular flexibility index (Phi) is 1.48. The minimum atomic E-state index is 0.534. The van der Waals surface area contributed by atoms with Crippen molar-refractivity contribution in [2.75, 3.05) is 5.43 Å². The van der Waals surface area contributed by atoms with Gasteiger partial charge in [0.2, 0.25) is 5.13 Å². The molecule has 54 valence electrons. The molecule has 3 nitrogen and oxygen atoms in total. The van der Waals surface area contributed by atoms with Crippen LogP contribution in [0.15, 0.2) is 24.3 Å². The maximum atomic E-state index is 8.54. The highest BCUT2D eigenvalue weighted by Gasteiger charge is 1.99. The first-order chi connectivity index (χ1) is 5.40. The number of nitrogens with zero attached hydrogens (tertiary/aromatic N) is 2. The summed E-state index contributed by atoms with van der Waals surface area (Å²) in [6, 6.07) is 7.74. The van der Waals surface area contributed by atoms with E-state index in [1.54, 1.807) is 0 Å². The molecule has 0 atom stereocenters. The van der Waals surface area contributed by atoms with E-state index in [1.807, 2.05) is 29.7 Å². The summed E-state index contributed by atoms with van der Waals surface area (Å²) < 4.78 is 1.07. The first-order valence-electron chi connectivity index (χ1n) is 3.16. The topological polar surface area (TPSA) is 47.2 Å². The molecule has 0 spiro atoms. The van der Waals surface area contributed by atoms with Crippen molar-refractivity contribution in [3.63, 3.8) is 0 Å². The number of fused-ring (bicyclic) bond motifs is 1. The van der Waals surface area contributed by atoms with Crippen LogP contribution in [-0.4, -0.2) is 4.98 Å². The van der Waals surface area contributed by atoms with Gasteiger partial charge in [-0.1, -0.05) is 23.5 Å². The number of thiazole rings is 1. The fourth-order valence-corrected chi connectivity index (χ4v) is 1.68. The summed E-state index contributed by atoms with van der Waals surface area (Å²) in [6.07, 6.45) is 0. The van der Waals surface area contributed by atoms with E-state index in [4.69, 9.17) is 5.84 Å². The number of benzene rings is 1. The maximum absolute atomic E-state index is 8.54. The molecular formula is C7H5N3S. The van der Waals surface area contributed by atoms with Crippen LogP contribution in [0.1, 0.15) is 0 Å². The third-order valence-corrected chi connectivity index (χ3v) is 2.33. The van der Waals surface area contributed by atoms with E-state index in [9.17, 15) is 0 Å². The van der Waals surface area contributed by atoms with Gasteiger partial charge in [0.15, 0.2) is 0 Å². The van der Waals surface area contributed by atoms with Crippen molar-refractivity contribution in [2.45, 2.75) is 0 Å². The summed E-state index contributed by atoms with van der Waals surface area (Å²) in [5.74, 6) is 8.54. The number of aromatic nitrogens is 1. The van der Waals surface area contributed by atoms with Crippen LogP contribution in [0.3, 0.4) is 0 Å². The van der Waals surface area contributed by atoms with E-state index in [0.717, 1.165) is 10.2 Å². The van der Waals surface area contributed by atoms with Gasteiger partial charge < -0.3 is 0 Å². The number of anilines is 1. The molecular weight excluding hydrogens is 158 g/mol. The summed E-state index contributed by atoms with van der Waals surface area (Å²) in [5.41, 5.74) is 2.93. The van der Waals surface area contributed by atoms with Crippen LogP contribution in [0.25, 0.3) is 10.2 Å². The highest BCUT2D eigenvalue weighted by Crippen LogP contribution is 2.24. The molecule has 0 saturated carbocycles. The number of hydrogen-bond acceptors (Lipinski definition) is 3. The van der Waals surface area contributed by atoms with Crippen molar-refractivity contribution in [3.8, 4) is 0 Å². The second-order valence-corrected chi connectivity index (χ2v) is 3.13. The molecule has 0 aliphatic heterocycles. The minimum Gasteiger partial charge on any atom is -0.261 e. The summed E-state index contributed by atoms with van der Waals surface area (Å²) in [7, 11) is 0. The average molecular weight is 163 g/mol. The third-order valence-electron chi connectivity index (χ3n) is 1.39. The van der Waals surface area contributed by atoms with Gasteiger partial charge in [-0.15, -0.1) is 0 Å². The van der Waals surface area contributed by atoms with E-state index in [2.05, 4.69) is 4.98 Å². The van der Waals surface area contributed by atoms with Gasteiger partial charge >= 0.3 is 0 Å². The first kappa shape index (κ1) is 6.57. The van der Waals surface area contributed by atoms with Crippen molar-refractivity contribution in [1.82, 2.24) is 10.8 Å². The fraction of sp³-hybridized carbons (Fsp3) is 0. The van der Waals surface area contributed by atoms with Crippen molar-refractivity contribution < 1.29 is 0 Å². The summed E-state index contributed by atoms with van der Waals surface area (Å²) in [5, 5.41) is 0.534. The van der Waals surface area contributed by atoms with Crippen LogP contribution in [-0.2, 0) is 0 Å². The van der Waals surface area contributed by atoms with Gasteiger partial charge in [-0.05, 0) is 18.0 Å². The largest absolute Gasteiger partial charge is 0.261 e. The second kappa shape index (κ2) is 2.48. The van der Waals surface area contributed by atoms with Crippen LogP contribution < -0.4 is 11.3 Å². The van der Waals surface area contributed by atoms with Crippen molar-refractivity contribution >= 4 is 26.7 Å². The lowest BCUT2D eigenvalue weighted by Gasteiger charge is -1.81. The predicted octanol–water partition coefficient (Wildman–Crippen LogP) is 1.69. The lowest BCUT2D eigenvalue weighted by Crippen LogP contribution is -1.89. The molecule has 1 N–H and O–H groups in total. The molecule has 1 heterocycles. The van der Waals surface area contributed by atoms with Crippen LogP contribution in [0.2, 0.25) is 0 Å². The average Bonchev–Trinajstić information content (AvgIpc) is 2.46. The van der Waals surface area contributed by atoms with Crippen LogP contribution in [0, 0.1) is 0 Å². The molecule has 4 heteroatoms. The minimum absolute atomic E-state index is 0.534. The third kappa shape index (κ3) is 1.06. The Balaban J connectivity index is 2.69. The van der Waals surface area contributed by atoms with Crippen LogP contribution in [0.5, 0.6) is 0 Å². The van der Waals surface area contributed by atoms with Gasteiger partial charge in [0, 0.05) is 0 Å². The molecule has 0 amide bonds. The molecule has 2 rings (SSSR count). The highest BCUT2D eigenvalue weighted by molar-refractivity contribution is 7.22. The quantitative estimate of drug-likeness (QED) is 0.650. The molecule has 0 bridgehead atoms. The van der Waals surface area contributed by atoms with Gasteiger partial charge in [0.1, 0.15) is 0 Å². The molecule has 0 unspecified atom stereocenters. The zero-order valence-corrected chi connectivity index (χ0v) is 6.43. The normalized spacial score (nSPS) is 10.3. The number of para-hydroxylation sites is 1. The Morgan fingerprint density at radius 2 is 2.18 bits per heavy atom. The van der Waals surface area contributed by atoms with E-state index in [1.165, 1.54) is 11.3 Å². The molecule has 11 heavy (non-hydrogen) atoms. The van der Waals surface area contributed by atoms with E-state index in [-0.39, 0.29) is 0 Å². The molecule has 1 aromatic carbocycles. The molecule has 0 saturated heterocycles. The highest BCUT2D eigenvalue weighted by atomic mass is 32.1. The van der Waals surface area contributed by atoms with Crippen molar-refractivity contribution in [3.05, 3.63) is 24.3 Å². The molecule has 0 fully saturated rings. The Hall–Kier alpha value is -1.13. The smallest absolute Gasteiger partial charge is 0.200 e. The Morgan fingerprint density at radius 3 is 2.91 bits per heavy atom. The lowest BCUT2D eigenvalue weighted by atomic mass is 10.3. The van der Waals surface area contributed by atoms with Crippen LogP contribution in [0.4, 0.5) is 5.13 Å². The van der Waals surface area contributed by atoms with Gasteiger partial charge in [0.25, 0.3) is 0 Å². The van der Waals surface area contributed by atoms with Gasteiger partial charge in [-0.3, -0.25) is 5.43 Å². The molecule has 0 aliphatic carbocycles. The molecule has 1 aromatic heterocycles. The molecule has 0 aliphatic rings. The zero-order chi connectivity index (χ0) is 7.68. The number of hydrogen-bond donors (Lipinski definition) is 1. The van der Waals surface area contributed by atoms with Crippen molar-refractivity contribution in [2.24, 2.45) is 0 Å². The SMILES string of the molecule is [N]Nc1nc2ccccc2s1. The van der Waals surface area contributed by atoms with E-state index in [0.29, 0.717) is 5.13 Å². The summed E-state index contributed by atoms with van der Waals surface area (Å²) in [6.45, 7) is 0. The number of rotatable bonds is 1. The first-order valence-corrected chi connectivity index (χ1v) is 3.97. The van der Waals surface area contributed by atoms with Gasteiger partial charge in [-0.2, -0.15) is 0 Å². The fourth-order valence-electron chi connectivity index (χ4n) is 0.920. The van der Waals surface area contributed by atoms with E-state index >= 15 is 0 Å². The van der Waals surface area contributed by atoms with Gasteiger partial charge in [0.05, 0.1) is 10.2 Å².